The first-order valence-electron chi connectivity index (χ1n) is 8.48. The lowest BCUT2D eigenvalue weighted by Crippen LogP contribution is -2.24. The third-order valence-electron chi connectivity index (χ3n) is 4.16. The van der Waals surface area contributed by atoms with Gasteiger partial charge in [-0.25, -0.2) is 0 Å². The Morgan fingerprint density at radius 1 is 1.08 bits per heavy atom. The van der Waals surface area contributed by atoms with Crippen LogP contribution in [0, 0.1) is 6.92 Å². The van der Waals surface area contributed by atoms with E-state index in [4.69, 9.17) is 0 Å². The largest absolute Gasteiger partial charge is 0.322 e. The summed E-state index contributed by atoms with van der Waals surface area (Å²) in [6.45, 7) is 4.06. The van der Waals surface area contributed by atoms with Crippen molar-refractivity contribution in [2.75, 3.05) is 18.4 Å². The normalized spacial score (nSPS) is 14.8. The number of nitrogens with one attached hydrogen (secondary N) is 1. The van der Waals surface area contributed by atoms with Gasteiger partial charge in [0.25, 0.3) is 5.91 Å². The molecule has 0 unspecified atom stereocenters. The fraction of sp³-hybridized carbons (Fsp3) is 0.300. The second kappa shape index (κ2) is 7.77. The van der Waals surface area contributed by atoms with Crippen molar-refractivity contribution in [3.8, 4) is 0 Å². The van der Waals surface area contributed by atoms with E-state index in [9.17, 15) is 4.79 Å². The Kier molecular flexibility index (Phi) is 5.26. The van der Waals surface area contributed by atoms with E-state index in [2.05, 4.69) is 15.4 Å². The van der Waals surface area contributed by atoms with Gasteiger partial charge in [0.15, 0.2) is 0 Å². The van der Waals surface area contributed by atoms with Gasteiger partial charge in [-0.15, -0.1) is 0 Å². The van der Waals surface area contributed by atoms with Gasteiger partial charge in [-0.3, -0.25) is 9.80 Å². The molecule has 1 aliphatic heterocycles. The van der Waals surface area contributed by atoms with Gasteiger partial charge in [0.05, 0.1) is 6.21 Å². The highest BCUT2D eigenvalue weighted by Crippen LogP contribution is 2.13. The standard InChI is InChI=1S/C20H23N3O/c1-16-8-10-18(11-9-16)20(24)22-19-7-5-6-17(14-19)15-21-23-12-3-2-4-13-23/h5-11,14-15H,2-4,12-13H2,1H3,(H,22,24)/b21-15+. The summed E-state index contributed by atoms with van der Waals surface area (Å²) >= 11 is 0. The van der Waals surface area contributed by atoms with Crippen LogP contribution in [-0.4, -0.2) is 30.2 Å². The van der Waals surface area contributed by atoms with Crippen molar-refractivity contribution in [1.29, 1.82) is 0 Å². The highest BCUT2D eigenvalue weighted by Gasteiger charge is 2.07. The van der Waals surface area contributed by atoms with Crippen molar-refractivity contribution in [3.63, 3.8) is 0 Å². The van der Waals surface area contributed by atoms with E-state index >= 15 is 0 Å². The van der Waals surface area contributed by atoms with Crippen LogP contribution in [0.4, 0.5) is 5.69 Å². The summed E-state index contributed by atoms with van der Waals surface area (Å²) in [7, 11) is 0. The third kappa shape index (κ3) is 4.44. The smallest absolute Gasteiger partial charge is 0.255 e. The van der Waals surface area contributed by atoms with Crippen LogP contribution in [0.3, 0.4) is 0 Å². The number of carbonyl (C=O) groups excluding carboxylic acids is 1. The lowest BCUT2D eigenvalue weighted by Gasteiger charge is -2.23. The van der Waals surface area contributed by atoms with Crippen LogP contribution in [0.2, 0.25) is 0 Å². The van der Waals surface area contributed by atoms with Gasteiger partial charge in [-0.1, -0.05) is 29.8 Å². The molecule has 0 aromatic heterocycles. The minimum Gasteiger partial charge on any atom is -0.322 e. The molecule has 0 aliphatic carbocycles. The predicted octanol–water partition coefficient (Wildman–Crippen LogP) is 4.07. The number of carbonyl (C=O) groups is 1. The number of benzene rings is 2. The Bertz CT molecular complexity index is 716. The zero-order valence-electron chi connectivity index (χ0n) is 14.0. The molecule has 0 bridgehead atoms. The Labute approximate surface area is 143 Å². The van der Waals surface area contributed by atoms with Gasteiger partial charge in [0.1, 0.15) is 0 Å². The molecular formula is C20H23N3O. The molecule has 2 aromatic carbocycles. The molecule has 1 fully saturated rings. The molecule has 1 aliphatic rings. The molecule has 3 rings (SSSR count). The molecule has 1 amide bonds. The summed E-state index contributed by atoms with van der Waals surface area (Å²) in [5, 5.41) is 9.59. The highest BCUT2D eigenvalue weighted by molar-refractivity contribution is 6.04. The number of anilines is 1. The number of rotatable bonds is 4. The Balaban J connectivity index is 1.65. The molecule has 1 N–H and O–H groups in total. The van der Waals surface area contributed by atoms with Gasteiger partial charge in [0.2, 0.25) is 0 Å². The van der Waals surface area contributed by atoms with Gasteiger partial charge >= 0.3 is 0 Å². The number of hydrogen-bond donors (Lipinski definition) is 1. The fourth-order valence-electron chi connectivity index (χ4n) is 2.75. The van der Waals surface area contributed by atoms with Gasteiger partial charge in [-0.2, -0.15) is 5.10 Å². The molecule has 0 spiro atoms. The van der Waals surface area contributed by atoms with E-state index in [-0.39, 0.29) is 5.91 Å². The van der Waals surface area contributed by atoms with Crippen molar-refractivity contribution < 1.29 is 4.79 Å². The molecule has 2 aromatic rings. The second-order valence-corrected chi connectivity index (χ2v) is 6.20. The van der Waals surface area contributed by atoms with Gasteiger partial charge in [-0.05, 0) is 56.0 Å². The summed E-state index contributed by atoms with van der Waals surface area (Å²) in [6.07, 6.45) is 5.59. The maximum absolute atomic E-state index is 12.3. The van der Waals surface area contributed by atoms with Gasteiger partial charge < -0.3 is 5.32 Å². The SMILES string of the molecule is Cc1ccc(C(=O)Nc2cccc(/C=N/N3CCCCC3)c2)cc1. The first-order chi connectivity index (χ1) is 11.7. The van der Waals surface area contributed by atoms with Gasteiger partial charge in [0, 0.05) is 24.3 Å². The van der Waals surface area contributed by atoms with E-state index < -0.39 is 0 Å². The quantitative estimate of drug-likeness (QED) is 0.863. The molecule has 1 heterocycles. The van der Waals surface area contributed by atoms with Crippen LogP contribution in [0.1, 0.15) is 40.7 Å². The van der Waals surface area contributed by atoms with Crippen LogP contribution in [-0.2, 0) is 0 Å². The van der Waals surface area contributed by atoms with Crippen LogP contribution in [0.15, 0.2) is 53.6 Å². The zero-order valence-corrected chi connectivity index (χ0v) is 14.0. The predicted molar refractivity (Wildman–Crippen MR) is 98.6 cm³/mol. The number of amides is 1. The van der Waals surface area contributed by atoms with E-state index in [1.54, 1.807) is 0 Å². The molecule has 1 saturated heterocycles. The first-order valence-corrected chi connectivity index (χ1v) is 8.48. The second-order valence-electron chi connectivity index (χ2n) is 6.20. The molecule has 4 heteroatoms. The number of hydrazone groups is 1. The fourth-order valence-corrected chi connectivity index (χ4v) is 2.75. The molecular weight excluding hydrogens is 298 g/mol. The minimum atomic E-state index is -0.0971. The van der Waals surface area contributed by atoms with E-state index in [0.29, 0.717) is 5.56 Å². The van der Waals surface area contributed by atoms with Crippen molar-refractivity contribution >= 4 is 17.8 Å². The number of hydrogen-bond acceptors (Lipinski definition) is 3. The summed E-state index contributed by atoms with van der Waals surface area (Å²) in [5.74, 6) is -0.0971. The van der Waals surface area contributed by atoms with Crippen molar-refractivity contribution in [3.05, 3.63) is 65.2 Å². The maximum Gasteiger partial charge on any atom is 0.255 e. The maximum atomic E-state index is 12.3. The summed E-state index contributed by atoms with van der Waals surface area (Å²) in [4.78, 5) is 12.3. The van der Waals surface area contributed by atoms with E-state index in [1.165, 1.54) is 19.3 Å². The summed E-state index contributed by atoms with van der Waals surface area (Å²) in [6, 6.07) is 15.3. The summed E-state index contributed by atoms with van der Waals surface area (Å²) < 4.78 is 0. The summed E-state index contributed by atoms with van der Waals surface area (Å²) in [5.41, 5.74) is 3.57. The number of nitrogens with zero attached hydrogens (tertiary/aromatic N) is 2. The number of aryl methyl sites for hydroxylation is 1. The molecule has 0 atom stereocenters. The Morgan fingerprint density at radius 3 is 2.58 bits per heavy atom. The lowest BCUT2D eigenvalue weighted by molar-refractivity contribution is 0.102. The first kappa shape index (κ1) is 16.2. The molecule has 4 nitrogen and oxygen atoms in total. The van der Waals surface area contributed by atoms with Crippen molar-refractivity contribution in [2.45, 2.75) is 26.2 Å². The highest BCUT2D eigenvalue weighted by atomic mass is 16.1. The third-order valence-corrected chi connectivity index (χ3v) is 4.16. The molecule has 0 radical (unpaired) electrons. The van der Waals surface area contributed by atoms with Crippen LogP contribution >= 0.6 is 0 Å². The van der Waals surface area contributed by atoms with Crippen molar-refractivity contribution in [1.82, 2.24) is 5.01 Å². The van der Waals surface area contributed by atoms with Crippen LogP contribution in [0.5, 0.6) is 0 Å². The molecule has 24 heavy (non-hydrogen) atoms. The average molecular weight is 321 g/mol. The zero-order chi connectivity index (χ0) is 16.8. The topological polar surface area (TPSA) is 44.7 Å². The van der Waals surface area contributed by atoms with E-state index in [1.807, 2.05) is 61.7 Å². The Hall–Kier alpha value is -2.62. The van der Waals surface area contributed by atoms with Crippen LogP contribution < -0.4 is 5.32 Å². The Morgan fingerprint density at radius 2 is 1.83 bits per heavy atom. The van der Waals surface area contributed by atoms with E-state index in [0.717, 1.165) is 29.9 Å². The number of piperidine rings is 1. The van der Waals surface area contributed by atoms with Crippen molar-refractivity contribution in [2.24, 2.45) is 5.10 Å². The monoisotopic (exact) mass is 321 g/mol. The molecule has 0 saturated carbocycles. The minimum absolute atomic E-state index is 0.0971. The van der Waals surface area contributed by atoms with Crippen LogP contribution in [0.25, 0.3) is 0 Å². The molecule has 124 valence electrons. The lowest BCUT2D eigenvalue weighted by atomic mass is 10.1. The average Bonchev–Trinajstić information content (AvgIpc) is 2.62.